The van der Waals surface area contributed by atoms with E-state index < -0.39 is 23.0 Å². The number of aliphatic hydroxyl groups excluding tert-OH is 1. The zero-order valence-corrected chi connectivity index (χ0v) is 12.9. The highest BCUT2D eigenvalue weighted by Crippen LogP contribution is 2.57. The largest absolute Gasteiger partial charge is 0.497 e. The van der Waals surface area contributed by atoms with E-state index in [2.05, 4.69) is 0 Å². The Hall–Kier alpha value is -2.18. The van der Waals surface area contributed by atoms with E-state index in [1.807, 2.05) is 0 Å². The molecule has 6 nitrogen and oxygen atoms in total. The van der Waals surface area contributed by atoms with Crippen LogP contribution in [0.2, 0.25) is 0 Å². The number of fused-ring (bicyclic) bond motifs is 5. The number of nitrogens with zero attached hydrogens (tertiary/aromatic N) is 1. The van der Waals surface area contributed by atoms with Gasteiger partial charge in [0.2, 0.25) is 11.8 Å². The highest BCUT2D eigenvalue weighted by Gasteiger charge is 2.72. The second kappa shape index (κ2) is 4.43. The molecule has 2 fully saturated rings. The quantitative estimate of drug-likeness (QED) is 0.662. The summed E-state index contributed by atoms with van der Waals surface area (Å²) in [6.45, 7) is 1.46. The van der Waals surface area contributed by atoms with Gasteiger partial charge in [-0.1, -0.05) is 12.2 Å². The van der Waals surface area contributed by atoms with Crippen molar-refractivity contribution in [2.45, 2.75) is 18.1 Å². The predicted octanol–water partition coefficient (Wildman–Crippen LogP) is 0.891. The number of imide groups is 1. The van der Waals surface area contributed by atoms with Crippen molar-refractivity contribution in [1.29, 1.82) is 0 Å². The molecule has 4 atom stereocenters. The van der Waals surface area contributed by atoms with Gasteiger partial charge >= 0.3 is 0 Å². The summed E-state index contributed by atoms with van der Waals surface area (Å²) in [4.78, 5) is 27.0. The maximum atomic E-state index is 12.9. The Balaban J connectivity index is 1.76. The highest BCUT2D eigenvalue weighted by molar-refractivity contribution is 6.23. The number of methoxy groups -OCH3 is 1. The summed E-state index contributed by atoms with van der Waals surface area (Å²) >= 11 is 0. The fourth-order valence-electron chi connectivity index (χ4n) is 4.03. The molecule has 6 heteroatoms. The van der Waals surface area contributed by atoms with Crippen LogP contribution in [0.15, 0.2) is 36.4 Å². The van der Waals surface area contributed by atoms with Gasteiger partial charge in [-0.05, 0) is 31.2 Å². The van der Waals surface area contributed by atoms with Crippen molar-refractivity contribution < 1.29 is 24.2 Å². The third-order valence-electron chi connectivity index (χ3n) is 5.13. The van der Waals surface area contributed by atoms with Gasteiger partial charge in [-0.3, -0.25) is 9.59 Å². The van der Waals surface area contributed by atoms with E-state index in [1.165, 1.54) is 4.90 Å². The van der Waals surface area contributed by atoms with Gasteiger partial charge in [0.25, 0.3) is 0 Å². The molecule has 1 aromatic carbocycles. The molecule has 0 spiro atoms. The van der Waals surface area contributed by atoms with E-state index in [1.54, 1.807) is 50.5 Å². The van der Waals surface area contributed by atoms with Crippen LogP contribution in [0.5, 0.6) is 5.75 Å². The Morgan fingerprint density at radius 2 is 1.83 bits per heavy atom. The Morgan fingerprint density at radius 1 is 1.17 bits per heavy atom. The van der Waals surface area contributed by atoms with Crippen LogP contribution in [0, 0.1) is 11.8 Å². The molecule has 3 aliphatic rings. The van der Waals surface area contributed by atoms with Crippen molar-refractivity contribution in [3.8, 4) is 5.75 Å². The summed E-state index contributed by atoms with van der Waals surface area (Å²) in [5, 5.41) is 9.76. The van der Waals surface area contributed by atoms with Crippen LogP contribution >= 0.6 is 0 Å². The van der Waals surface area contributed by atoms with Crippen molar-refractivity contribution in [3.63, 3.8) is 0 Å². The second-order valence-corrected chi connectivity index (χ2v) is 6.40. The molecule has 1 N–H and O–H groups in total. The number of aliphatic hydroxyl groups is 1. The van der Waals surface area contributed by atoms with Gasteiger partial charge in [-0.2, -0.15) is 0 Å². The maximum Gasteiger partial charge on any atom is 0.241 e. The topological polar surface area (TPSA) is 76.1 Å². The van der Waals surface area contributed by atoms with Crippen molar-refractivity contribution in [2.24, 2.45) is 11.8 Å². The molecule has 120 valence electrons. The summed E-state index contributed by atoms with van der Waals surface area (Å²) in [6, 6.07) is 6.77. The van der Waals surface area contributed by atoms with Gasteiger partial charge in [0.05, 0.1) is 36.8 Å². The van der Waals surface area contributed by atoms with Crippen LogP contribution in [0.3, 0.4) is 0 Å². The summed E-state index contributed by atoms with van der Waals surface area (Å²) in [6.07, 6.45) is 3.50. The third-order valence-corrected chi connectivity index (χ3v) is 5.13. The van der Waals surface area contributed by atoms with Gasteiger partial charge in [0.15, 0.2) is 0 Å². The number of ether oxygens (including phenoxy) is 2. The van der Waals surface area contributed by atoms with Gasteiger partial charge in [-0.25, -0.2) is 4.90 Å². The molecule has 2 amide bonds. The standard InChI is InChI=1S/C17H17NO5/c1-16-7-8-17(9-19,23-16)13-12(16)14(20)18(15(13)21)10-3-5-11(22-2)6-4-10/h3-8,12-13,19H,9H2,1-2H3/t12-,13-,16+,17+/m1/s1. The van der Waals surface area contributed by atoms with Crippen molar-refractivity contribution in [1.82, 2.24) is 0 Å². The first-order valence-corrected chi connectivity index (χ1v) is 7.49. The molecule has 2 bridgehead atoms. The van der Waals surface area contributed by atoms with Gasteiger partial charge < -0.3 is 14.6 Å². The van der Waals surface area contributed by atoms with Crippen LogP contribution in [0.4, 0.5) is 5.69 Å². The smallest absolute Gasteiger partial charge is 0.241 e. The summed E-state index contributed by atoms with van der Waals surface area (Å²) in [5.41, 5.74) is -1.43. The monoisotopic (exact) mass is 315 g/mol. The van der Waals surface area contributed by atoms with E-state index in [9.17, 15) is 14.7 Å². The number of benzene rings is 1. The first-order valence-electron chi connectivity index (χ1n) is 7.49. The lowest BCUT2D eigenvalue weighted by atomic mass is 9.73. The second-order valence-electron chi connectivity index (χ2n) is 6.40. The molecule has 0 saturated carbocycles. The zero-order valence-electron chi connectivity index (χ0n) is 12.9. The van der Waals surface area contributed by atoms with Gasteiger partial charge in [0, 0.05) is 0 Å². The average molecular weight is 315 g/mol. The number of hydrogen-bond donors (Lipinski definition) is 1. The lowest BCUT2D eigenvalue weighted by Gasteiger charge is -2.26. The number of rotatable bonds is 3. The Kier molecular flexibility index (Phi) is 2.77. The molecule has 1 aromatic rings. The SMILES string of the molecule is COc1ccc(N2C(=O)[C@H]3[C@H](C2=O)[C@@]2(CO)C=C[C@]3(C)O2)cc1. The molecule has 3 aliphatic heterocycles. The Morgan fingerprint density at radius 3 is 2.43 bits per heavy atom. The normalized spacial score (nSPS) is 37.6. The molecule has 4 rings (SSSR count). The summed E-state index contributed by atoms with van der Waals surface area (Å²) in [7, 11) is 1.55. The number of hydrogen-bond acceptors (Lipinski definition) is 5. The van der Waals surface area contributed by atoms with E-state index in [0.717, 1.165) is 0 Å². The summed E-state index contributed by atoms with van der Waals surface area (Å²) < 4.78 is 11.0. The molecule has 3 heterocycles. The summed E-state index contributed by atoms with van der Waals surface area (Å²) in [5.74, 6) is -1.25. The number of carbonyl (C=O) groups excluding carboxylic acids is 2. The average Bonchev–Trinajstić information content (AvgIpc) is 3.14. The van der Waals surface area contributed by atoms with Crippen LogP contribution in [-0.2, 0) is 14.3 Å². The molecule has 0 aromatic heterocycles. The minimum atomic E-state index is -1.09. The third kappa shape index (κ3) is 1.65. The molecule has 0 unspecified atom stereocenters. The van der Waals surface area contributed by atoms with Crippen molar-refractivity contribution >= 4 is 17.5 Å². The molecular formula is C17H17NO5. The van der Waals surface area contributed by atoms with Crippen LogP contribution in [0.25, 0.3) is 0 Å². The molecule has 0 radical (unpaired) electrons. The molecular weight excluding hydrogens is 298 g/mol. The van der Waals surface area contributed by atoms with E-state index in [-0.39, 0.29) is 18.4 Å². The van der Waals surface area contributed by atoms with Crippen LogP contribution in [-0.4, -0.2) is 41.8 Å². The molecule has 2 saturated heterocycles. The zero-order chi connectivity index (χ0) is 16.4. The first kappa shape index (κ1) is 14.4. The molecule has 23 heavy (non-hydrogen) atoms. The van der Waals surface area contributed by atoms with Crippen LogP contribution < -0.4 is 9.64 Å². The maximum absolute atomic E-state index is 12.9. The number of amides is 2. The van der Waals surface area contributed by atoms with Crippen molar-refractivity contribution in [2.75, 3.05) is 18.6 Å². The minimum absolute atomic E-state index is 0.285. The lowest BCUT2D eigenvalue weighted by molar-refractivity contribution is -0.131. The van der Waals surface area contributed by atoms with Gasteiger partial charge in [0.1, 0.15) is 11.4 Å². The minimum Gasteiger partial charge on any atom is -0.497 e. The fraction of sp³-hybridized carbons (Fsp3) is 0.412. The van der Waals surface area contributed by atoms with E-state index >= 15 is 0 Å². The lowest BCUT2D eigenvalue weighted by Crippen LogP contribution is -2.43. The van der Waals surface area contributed by atoms with E-state index in [4.69, 9.17) is 9.47 Å². The number of anilines is 1. The Labute approximate surface area is 133 Å². The van der Waals surface area contributed by atoms with Crippen molar-refractivity contribution in [3.05, 3.63) is 36.4 Å². The van der Waals surface area contributed by atoms with Crippen LogP contribution in [0.1, 0.15) is 6.92 Å². The van der Waals surface area contributed by atoms with Gasteiger partial charge in [-0.15, -0.1) is 0 Å². The predicted molar refractivity (Wildman–Crippen MR) is 80.9 cm³/mol. The first-order chi connectivity index (χ1) is 11.0. The number of carbonyl (C=O) groups is 2. The Bertz CT molecular complexity index is 727. The highest BCUT2D eigenvalue weighted by atomic mass is 16.5. The van der Waals surface area contributed by atoms with E-state index in [0.29, 0.717) is 11.4 Å². The fourth-order valence-corrected chi connectivity index (χ4v) is 4.03. The molecule has 0 aliphatic carbocycles.